The number of halogens is 1. The van der Waals surface area contributed by atoms with E-state index in [4.69, 9.17) is 9.63 Å². The maximum Gasteiger partial charge on any atom is 0.251 e. The molecule has 3 aromatic rings. The molecule has 0 aliphatic carbocycles. The molecule has 1 amide bonds. The summed E-state index contributed by atoms with van der Waals surface area (Å²) in [6, 6.07) is 11.0. The first-order chi connectivity index (χ1) is 12.1. The highest BCUT2D eigenvalue weighted by Crippen LogP contribution is 2.29. The van der Waals surface area contributed by atoms with Gasteiger partial charge in [-0.05, 0) is 54.8 Å². The summed E-state index contributed by atoms with van der Waals surface area (Å²) in [4.78, 5) is 12.3. The summed E-state index contributed by atoms with van der Waals surface area (Å²) in [6.45, 7) is 2.56. The van der Waals surface area contributed by atoms with Gasteiger partial charge < -0.3 is 14.9 Å². The van der Waals surface area contributed by atoms with Gasteiger partial charge in [0.05, 0.1) is 5.39 Å². The summed E-state index contributed by atoms with van der Waals surface area (Å²) in [5.74, 6) is 0.170. The molecule has 0 aliphatic rings. The van der Waals surface area contributed by atoms with Crippen molar-refractivity contribution in [2.75, 3.05) is 13.2 Å². The largest absolute Gasteiger partial charge is 0.396 e. The second kappa shape index (κ2) is 7.44. The van der Waals surface area contributed by atoms with Crippen LogP contribution in [0.4, 0.5) is 4.39 Å². The van der Waals surface area contributed by atoms with Gasteiger partial charge in [-0.1, -0.05) is 12.1 Å². The van der Waals surface area contributed by atoms with Gasteiger partial charge in [-0.3, -0.25) is 4.79 Å². The molecule has 130 valence electrons. The van der Waals surface area contributed by atoms with Gasteiger partial charge >= 0.3 is 0 Å². The van der Waals surface area contributed by atoms with E-state index in [1.165, 1.54) is 12.1 Å². The lowest BCUT2D eigenvalue weighted by molar-refractivity contribution is 0.0945. The number of carbonyl (C=O) groups excluding carboxylic acids is 1. The normalized spacial score (nSPS) is 12.3. The number of rotatable bonds is 6. The Balaban J connectivity index is 1.85. The van der Waals surface area contributed by atoms with Crippen LogP contribution in [-0.2, 0) is 0 Å². The van der Waals surface area contributed by atoms with Crippen LogP contribution in [0.1, 0.15) is 23.7 Å². The lowest BCUT2D eigenvalue weighted by atomic mass is 10.1. The topological polar surface area (TPSA) is 75.4 Å². The first-order valence-electron chi connectivity index (χ1n) is 8.13. The molecule has 0 saturated heterocycles. The average molecular weight is 342 g/mol. The molecule has 0 spiro atoms. The average Bonchev–Trinajstić information content (AvgIpc) is 3.04. The van der Waals surface area contributed by atoms with Crippen molar-refractivity contribution in [2.45, 2.75) is 13.3 Å². The molecule has 0 fully saturated rings. The van der Waals surface area contributed by atoms with Crippen molar-refractivity contribution in [1.82, 2.24) is 10.5 Å². The highest BCUT2D eigenvalue weighted by Gasteiger charge is 2.14. The van der Waals surface area contributed by atoms with Gasteiger partial charge in [0.15, 0.2) is 5.76 Å². The van der Waals surface area contributed by atoms with E-state index in [0.29, 0.717) is 40.8 Å². The van der Waals surface area contributed by atoms with E-state index in [1.54, 1.807) is 30.3 Å². The Kier molecular flexibility index (Phi) is 5.09. The predicted molar refractivity (Wildman–Crippen MR) is 92.6 cm³/mol. The molecule has 25 heavy (non-hydrogen) atoms. The molecule has 1 aromatic heterocycles. The van der Waals surface area contributed by atoms with Crippen molar-refractivity contribution in [3.05, 3.63) is 53.8 Å². The molecule has 1 heterocycles. The lowest BCUT2D eigenvalue weighted by Crippen LogP contribution is -2.28. The van der Waals surface area contributed by atoms with E-state index in [2.05, 4.69) is 10.5 Å². The van der Waals surface area contributed by atoms with E-state index in [1.807, 2.05) is 6.92 Å². The van der Waals surface area contributed by atoms with Crippen molar-refractivity contribution in [3.8, 4) is 11.3 Å². The Morgan fingerprint density at radius 2 is 2.04 bits per heavy atom. The van der Waals surface area contributed by atoms with E-state index >= 15 is 0 Å². The van der Waals surface area contributed by atoms with Gasteiger partial charge in [-0.2, -0.15) is 0 Å². The molecule has 0 radical (unpaired) electrons. The Bertz CT molecular complexity index is 874. The van der Waals surface area contributed by atoms with Crippen molar-refractivity contribution in [2.24, 2.45) is 5.92 Å². The summed E-state index contributed by atoms with van der Waals surface area (Å²) in [6.07, 6.45) is 0.639. The number of amides is 1. The van der Waals surface area contributed by atoms with Crippen LogP contribution in [0.25, 0.3) is 22.2 Å². The third-order valence-electron chi connectivity index (χ3n) is 4.08. The number of fused-ring (bicyclic) bond motifs is 1. The monoisotopic (exact) mass is 342 g/mol. The van der Waals surface area contributed by atoms with Crippen LogP contribution in [0.3, 0.4) is 0 Å². The van der Waals surface area contributed by atoms with E-state index in [9.17, 15) is 9.18 Å². The van der Waals surface area contributed by atoms with Gasteiger partial charge in [0.1, 0.15) is 11.3 Å². The zero-order valence-corrected chi connectivity index (χ0v) is 13.8. The minimum absolute atomic E-state index is 0.102. The van der Waals surface area contributed by atoms with Crippen molar-refractivity contribution < 1.29 is 18.8 Å². The number of aliphatic hydroxyl groups excluding tert-OH is 1. The fourth-order valence-electron chi connectivity index (χ4n) is 2.58. The van der Waals surface area contributed by atoms with Gasteiger partial charge in [-0.15, -0.1) is 0 Å². The molecule has 5 nitrogen and oxygen atoms in total. The zero-order valence-electron chi connectivity index (χ0n) is 13.8. The van der Waals surface area contributed by atoms with Crippen LogP contribution in [-0.4, -0.2) is 29.3 Å². The molecule has 3 rings (SSSR count). The number of benzene rings is 2. The summed E-state index contributed by atoms with van der Waals surface area (Å²) in [5.41, 5.74) is 1.82. The van der Waals surface area contributed by atoms with E-state index < -0.39 is 0 Å². The second-order valence-electron chi connectivity index (χ2n) is 6.08. The maximum absolute atomic E-state index is 13.1. The summed E-state index contributed by atoms with van der Waals surface area (Å²) >= 11 is 0. The van der Waals surface area contributed by atoms with Crippen LogP contribution in [0.2, 0.25) is 0 Å². The molecule has 0 bridgehead atoms. The Labute approximate surface area is 144 Å². The lowest BCUT2D eigenvalue weighted by Gasteiger charge is -2.11. The van der Waals surface area contributed by atoms with Crippen molar-refractivity contribution >= 4 is 16.8 Å². The summed E-state index contributed by atoms with van der Waals surface area (Å²) in [7, 11) is 0. The molecule has 1 atom stereocenters. The van der Waals surface area contributed by atoms with Gasteiger partial charge in [0.25, 0.3) is 5.91 Å². The van der Waals surface area contributed by atoms with Crippen LogP contribution in [0.15, 0.2) is 47.0 Å². The molecular weight excluding hydrogens is 323 g/mol. The SMILES string of the molecule is CC(CCO)CNC(=O)c1ccc2noc(-c3ccc(F)cc3)c2c1. The van der Waals surface area contributed by atoms with Crippen LogP contribution in [0.5, 0.6) is 0 Å². The Morgan fingerprint density at radius 3 is 2.76 bits per heavy atom. The maximum atomic E-state index is 13.1. The second-order valence-corrected chi connectivity index (χ2v) is 6.08. The number of nitrogens with one attached hydrogen (secondary N) is 1. The summed E-state index contributed by atoms with van der Waals surface area (Å²) in [5, 5.41) is 16.5. The van der Waals surface area contributed by atoms with Crippen LogP contribution >= 0.6 is 0 Å². The molecule has 1 unspecified atom stereocenters. The first kappa shape index (κ1) is 17.1. The number of hydrogen-bond donors (Lipinski definition) is 2. The fourth-order valence-corrected chi connectivity index (χ4v) is 2.58. The number of carbonyl (C=O) groups is 1. The van der Waals surface area contributed by atoms with Crippen LogP contribution < -0.4 is 5.32 Å². The standard InChI is InChI=1S/C19H19FN2O3/c1-12(8-9-23)11-21-19(24)14-4-7-17-16(10-14)18(25-22-17)13-2-5-15(20)6-3-13/h2-7,10,12,23H,8-9,11H2,1H3,(H,21,24). The first-order valence-corrected chi connectivity index (χ1v) is 8.13. The Hall–Kier alpha value is -2.73. The minimum Gasteiger partial charge on any atom is -0.396 e. The third kappa shape index (κ3) is 3.85. The highest BCUT2D eigenvalue weighted by molar-refractivity contribution is 6.00. The fraction of sp³-hybridized carbons (Fsp3) is 0.263. The predicted octanol–water partition coefficient (Wildman–Crippen LogP) is 3.38. The molecular formula is C19H19FN2O3. The zero-order chi connectivity index (χ0) is 17.8. The van der Waals surface area contributed by atoms with Gasteiger partial charge in [0, 0.05) is 24.3 Å². The van der Waals surface area contributed by atoms with Gasteiger partial charge in [0.2, 0.25) is 0 Å². The number of nitrogens with zero attached hydrogens (tertiary/aromatic N) is 1. The smallest absolute Gasteiger partial charge is 0.251 e. The number of aromatic nitrogens is 1. The third-order valence-corrected chi connectivity index (χ3v) is 4.08. The summed E-state index contributed by atoms with van der Waals surface area (Å²) < 4.78 is 18.5. The van der Waals surface area contributed by atoms with Crippen molar-refractivity contribution in [3.63, 3.8) is 0 Å². The Morgan fingerprint density at radius 1 is 1.28 bits per heavy atom. The number of aliphatic hydroxyl groups is 1. The molecule has 6 heteroatoms. The minimum atomic E-state index is -0.329. The molecule has 2 aromatic carbocycles. The molecule has 0 saturated carbocycles. The molecule has 0 aliphatic heterocycles. The highest BCUT2D eigenvalue weighted by atomic mass is 19.1. The van der Waals surface area contributed by atoms with E-state index in [0.717, 1.165) is 0 Å². The van der Waals surface area contributed by atoms with Gasteiger partial charge in [-0.25, -0.2) is 4.39 Å². The van der Waals surface area contributed by atoms with E-state index in [-0.39, 0.29) is 24.2 Å². The van der Waals surface area contributed by atoms with Crippen LogP contribution in [0, 0.1) is 11.7 Å². The quantitative estimate of drug-likeness (QED) is 0.720. The molecule has 2 N–H and O–H groups in total. The number of hydrogen-bond acceptors (Lipinski definition) is 4. The van der Waals surface area contributed by atoms with Crippen molar-refractivity contribution in [1.29, 1.82) is 0 Å².